The standard InChI is InChI=1S/C21H26N2O2S/c1-14-19(20-17(22-14)8-4-9-18(20)24)21(25)23-12-3-2-6-15(23)10-11-16-7-5-13-26-16/h5,7,13,15,22H,2-4,6,8-12H2,1H3. The van der Waals surface area contributed by atoms with Crippen LogP contribution in [-0.2, 0) is 12.8 Å². The van der Waals surface area contributed by atoms with Gasteiger partial charge in [-0.1, -0.05) is 6.07 Å². The van der Waals surface area contributed by atoms with Gasteiger partial charge in [-0.25, -0.2) is 0 Å². The summed E-state index contributed by atoms with van der Waals surface area (Å²) in [6.45, 7) is 2.74. The van der Waals surface area contributed by atoms with E-state index in [2.05, 4.69) is 27.4 Å². The van der Waals surface area contributed by atoms with Gasteiger partial charge in [0.2, 0.25) is 0 Å². The molecule has 2 aromatic rings. The first kappa shape index (κ1) is 17.5. The van der Waals surface area contributed by atoms with Crippen molar-refractivity contribution < 1.29 is 9.59 Å². The lowest BCUT2D eigenvalue weighted by Gasteiger charge is -2.36. The summed E-state index contributed by atoms with van der Waals surface area (Å²) in [5, 5.41) is 2.11. The summed E-state index contributed by atoms with van der Waals surface area (Å²) in [6, 6.07) is 4.54. The molecule has 1 unspecified atom stereocenters. The van der Waals surface area contributed by atoms with Gasteiger partial charge >= 0.3 is 0 Å². The number of hydrogen-bond acceptors (Lipinski definition) is 3. The summed E-state index contributed by atoms with van der Waals surface area (Å²) >= 11 is 1.79. The van der Waals surface area contributed by atoms with Crippen molar-refractivity contribution in [3.05, 3.63) is 44.9 Å². The number of rotatable bonds is 4. The van der Waals surface area contributed by atoms with Crippen LogP contribution in [0.4, 0.5) is 0 Å². The van der Waals surface area contributed by atoms with Crippen LogP contribution < -0.4 is 0 Å². The molecule has 0 spiro atoms. The van der Waals surface area contributed by atoms with Crippen molar-refractivity contribution in [2.45, 2.75) is 64.3 Å². The molecule has 2 aromatic heterocycles. The van der Waals surface area contributed by atoms with Crippen molar-refractivity contribution in [3.8, 4) is 0 Å². The first-order valence-corrected chi connectivity index (χ1v) is 10.6. The average Bonchev–Trinajstić information content (AvgIpc) is 3.27. The zero-order chi connectivity index (χ0) is 18.1. The lowest BCUT2D eigenvalue weighted by Crippen LogP contribution is -2.44. The molecule has 26 heavy (non-hydrogen) atoms. The number of fused-ring (bicyclic) bond motifs is 1. The molecule has 2 aliphatic rings. The molecule has 5 heteroatoms. The fraction of sp³-hybridized carbons (Fsp3) is 0.524. The van der Waals surface area contributed by atoms with Gasteiger partial charge in [0, 0.05) is 35.3 Å². The highest BCUT2D eigenvalue weighted by molar-refractivity contribution is 7.09. The number of hydrogen-bond donors (Lipinski definition) is 1. The van der Waals surface area contributed by atoms with E-state index in [1.54, 1.807) is 11.3 Å². The topological polar surface area (TPSA) is 53.2 Å². The molecular formula is C21H26N2O2S. The predicted molar refractivity (Wildman–Crippen MR) is 104 cm³/mol. The highest BCUT2D eigenvalue weighted by atomic mass is 32.1. The van der Waals surface area contributed by atoms with E-state index in [9.17, 15) is 9.59 Å². The number of Topliss-reactive ketones (excluding diaryl/α,β-unsaturated/α-hetero) is 1. The molecule has 1 aliphatic carbocycles. The highest BCUT2D eigenvalue weighted by Gasteiger charge is 2.34. The minimum absolute atomic E-state index is 0.0612. The average molecular weight is 371 g/mol. The van der Waals surface area contributed by atoms with Gasteiger partial charge in [0.15, 0.2) is 5.78 Å². The number of carbonyl (C=O) groups excluding carboxylic acids is 2. The Morgan fingerprint density at radius 2 is 2.19 bits per heavy atom. The summed E-state index contributed by atoms with van der Waals surface area (Å²) in [5.74, 6) is 0.192. The van der Waals surface area contributed by atoms with E-state index in [1.807, 2.05) is 6.92 Å². The van der Waals surface area contributed by atoms with Crippen LogP contribution in [0.2, 0.25) is 0 Å². The lowest BCUT2D eigenvalue weighted by molar-refractivity contribution is 0.0598. The molecule has 138 valence electrons. The number of ketones is 1. The number of piperidine rings is 1. The molecule has 1 amide bonds. The molecule has 0 radical (unpaired) electrons. The van der Waals surface area contributed by atoms with Crippen molar-refractivity contribution in [2.75, 3.05) is 6.54 Å². The fourth-order valence-electron chi connectivity index (χ4n) is 4.48. The summed E-state index contributed by atoms with van der Waals surface area (Å²) in [4.78, 5) is 32.7. The smallest absolute Gasteiger partial charge is 0.256 e. The third-order valence-electron chi connectivity index (χ3n) is 5.78. The van der Waals surface area contributed by atoms with E-state index in [0.717, 1.165) is 56.5 Å². The third kappa shape index (κ3) is 3.25. The first-order chi connectivity index (χ1) is 12.6. The molecule has 1 aliphatic heterocycles. The Morgan fingerprint density at radius 1 is 1.31 bits per heavy atom. The van der Waals surface area contributed by atoms with E-state index in [1.165, 1.54) is 11.3 Å². The molecule has 1 N–H and O–H groups in total. The Bertz CT molecular complexity index is 806. The van der Waals surface area contributed by atoms with Crippen molar-refractivity contribution in [1.29, 1.82) is 0 Å². The van der Waals surface area contributed by atoms with Crippen LogP contribution in [0.1, 0.15) is 75.5 Å². The number of aromatic amines is 1. The summed E-state index contributed by atoms with van der Waals surface area (Å²) in [5.41, 5.74) is 3.15. The second-order valence-corrected chi connectivity index (χ2v) is 8.55. The lowest BCUT2D eigenvalue weighted by atomic mass is 9.91. The van der Waals surface area contributed by atoms with Crippen LogP contribution in [0.3, 0.4) is 0 Å². The van der Waals surface area contributed by atoms with Gasteiger partial charge in [0.05, 0.1) is 11.1 Å². The number of carbonyl (C=O) groups is 2. The maximum absolute atomic E-state index is 13.4. The molecule has 4 nitrogen and oxygen atoms in total. The summed E-state index contributed by atoms with van der Waals surface area (Å²) in [7, 11) is 0. The summed E-state index contributed by atoms with van der Waals surface area (Å²) in [6.07, 6.45) is 7.65. The molecule has 0 bridgehead atoms. The first-order valence-electron chi connectivity index (χ1n) is 9.73. The van der Waals surface area contributed by atoms with Crippen molar-refractivity contribution in [2.24, 2.45) is 0 Å². The van der Waals surface area contributed by atoms with Gasteiger partial charge in [-0.05, 0) is 63.3 Å². The van der Waals surface area contributed by atoms with Gasteiger partial charge in [-0.15, -0.1) is 11.3 Å². The number of H-pyrrole nitrogens is 1. The van der Waals surface area contributed by atoms with Gasteiger partial charge in [-0.3, -0.25) is 9.59 Å². The van der Waals surface area contributed by atoms with Crippen LogP contribution in [0.5, 0.6) is 0 Å². The highest BCUT2D eigenvalue weighted by Crippen LogP contribution is 2.31. The number of aromatic nitrogens is 1. The normalized spacial score (nSPS) is 20.3. The molecule has 1 atom stereocenters. The third-order valence-corrected chi connectivity index (χ3v) is 6.72. The van der Waals surface area contributed by atoms with E-state index >= 15 is 0 Å². The van der Waals surface area contributed by atoms with Crippen molar-refractivity contribution >= 4 is 23.0 Å². The van der Waals surface area contributed by atoms with Gasteiger partial charge in [0.25, 0.3) is 5.91 Å². The quantitative estimate of drug-likeness (QED) is 0.859. The Labute approximate surface area is 158 Å². The Balaban J connectivity index is 1.58. The number of aryl methyl sites for hydroxylation is 3. The Morgan fingerprint density at radius 3 is 3.00 bits per heavy atom. The van der Waals surface area contributed by atoms with Gasteiger partial charge in [-0.2, -0.15) is 0 Å². The van der Waals surface area contributed by atoms with Crippen molar-refractivity contribution in [3.63, 3.8) is 0 Å². The number of nitrogens with zero attached hydrogens (tertiary/aromatic N) is 1. The molecule has 4 rings (SSSR count). The van der Waals surface area contributed by atoms with Gasteiger partial charge < -0.3 is 9.88 Å². The minimum Gasteiger partial charge on any atom is -0.361 e. The van der Waals surface area contributed by atoms with Crippen LogP contribution in [0.15, 0.2) is 17.5 Å². The van der Waals surface area contributed by atoms with Crippen LogP contribution >= 0.6 is 11.3 Å². The zero-order valence-electron chi connectivity index (χ0n) is 15.3. The summed E-state index contributed by atoms with van der Waals surface area (Å²) < 4.78 is 0. The molecule has 1 fully saturated rings. The molecule has 0 aromatic carbocycles. The van der Waals surface area contributed by atoms with E-state index in [-0.39, 0.29) is 17.7 Å². The fourth-order valence-corrected chi connectivity index (χ4v) is 5.20. The number of amides is 1. The second kappa shape index (κ2) is 7.39. The number of nitrogens with one attached hydrogen (secondary N) is 1. The molecular weight excluding hydrogens is 344 g/mol. The van der Waals surface area contributed by atoms with Crippen LogP contribution in [-0.4, -0.2) is 34.2 Å². The second-order valence-electron chi connectivity index (χ2n) is 7.52. The maximum Gasteiger partial charge on any atom is 0.256 e. The van der Waals surface area contributed by atoms with E-state index in [0.29, 0.717) is 17.5 Å². The van der Waals surface area contributed by atoms with E-state index < -0.39 is 0 Å². The monoisotopic (exact) mass is 370 g/mol. The molecule has 1 saturated heterocycles. The van der Waals surface area contributed by atoms with Crippen LogP contribution in [0.25, 0.3) is 0 Å². The van der Waals surface area contributed by atoms with Crippen molar-refractivity contribution in [1.82, 2.24) is 9.88 Å². The Kier molecular flexibility index (Phi) is 4.98. The SMILES string of the molecule is Cc1[nH]c2c(c1C(=O)N1CCCCC1CCc1cccs1)C(=O)CCC2. The van der Waals surface area contributed by atoms with Gasteiger partial charge in [0.1, 0.15) is 0 Å². The minimum atomic E-state index is 0.0612. The predicted octanol–water partition coefficient (Wildman–Crippen LogP) is 4.53. The van der Waals surface area contributed by atoms with Crippen LogP contribution in [0, 0.1) is 6.92 Å². The number of likely N-dealkylation sites (tertiary alicyclic amines) is 1. The Hall–Kier alpha value is -1.88. The molecule has 0 saturated carbocycles. The zero-order valence-corrected chi connectivity index (χ0v) is 16.2. The molecule has 3 heterocycles. The maximum atomic E-state index is 13.4. The number of thiophene rings is 1. The largest absolute Gasteiger partial charge is 0.361 e. The van der Waals surface area contributed by atoms with E-state index in [4.69, 9.17) is 0 Å².